The average Bonchev–Trinajstić information content (AvgIpc) is 2.46. The molecular formula is C13H18N2O5S. The van der Waals surface area contributed by atoms with Crippen molar-refractivity contribution in [1.29, 1.82) is 0 Å². The smallest absolute Gasteiger partial charge is 0.255 e. The molecule has 0 bridgehead atoms. The molecule has 0 saturated carbocycles. The van der Waals surface area contributed by atoms with E-state index < -0.39 is 15.9 Å². The summed E-state index contributed by atoms with van der Waals surface area (Å²) < 4.78 is 36.7. The lowest BCUT2D eigenvalue weighted by atomic mass is 10.2. The number of nitrogens with zero attached hydrogens (tertiary/aromatic N) is 1. The molecule has 1 heterocycles. The number of hydrogen-bond donors (Lipinski definition) is 1. The minimum absolute atomic E-state index is 0.202. The fourth-order valence-electron chi connectivity index (χ4n) is 2.03. The molecule has 1 saturated heterocycles. The van der Waals surface area contributed by atoms with Crippen LogP contribution in [0.2, 0.25) is 0 Å². The number of morpholine rings is 1. The second kappa shape index (κ2) is 6.42. The molecule has 0 aromatic heterocycles. The van der Waals surface area contributed by atoms with Crippen LogP contribution in [0.25, 0.3) is 0 Å². The second-order valence-corrected chi connectivity index (χ2v) is 6.64. The van der Waals surface area contributed by atoms with Gasteiger partial charge in [-0.1, -0.05) is 0 Å². The quantitative estimate of drug-likeness (QED) is 0.817. The normalized spacial score (nSPS) is 16.6. The van der Waals surface area contributed by atoms with Crippen LogP contribution >= 0.6 is 0 Å². The van der Waals surface area contributed by atoms with Crippen molar-refractivity contribution in [2.24, 2.45) is 5.73 Å². The van der Waals surface area contributed by atoms with Gasteiger partial charge in [0.1, 0.15) is 5.75 Å². The average molecular weight is 314 g/mol. The number of nitrogens with two attached hydrogens (primary N) is 1. The highest BCUT2D eigenvalue weighted by Crippen LogP contribution is 2.24. The van der Waals surface area contributed by atoms with Gasteiger partial charge < -0.3 is 15.2 Å². The molecule has 0 aliphatic carbocycles. The first-order valence-corrected chi connectivity index (χ1v) is 7.95. The number of carbonyl (C=O) groups is 1. The molecule has 0 radical (unpaired) electrons. The zero-order valence-corrected chi connectivity index (χ0v) is 12.6. The van der Waals surface area contributed by atoms with E-state index in [1.165, 1.54) is 22.5 Å². The van der Waals surface area contributed by atoms with Crippen LogP contribution in [0.1, 0.15) is 5.56 Å². The Kier molecular flexibility index (Phi) is 4.81. The minimum atomic E-state index is -3.53. The molecule has 1 aliphatic heterocycles. The lowest BCUT2D eigenvalue weighted by Crippen LogP contribution is -2.40. The highest BCUT2D eigenvalue weighted by molar-refractivity contribution is 7.89. The van der Waals surface area contributed by atoms with Gasteiger partial charge in [-0.05, 0) is 30.7 Å². The molecule has 1 aromatic carbocycles. The Hall–Kier alpha value is -1.64. The Morgan fingerprint density at radius 3 is 2.62 bits per heavy atom. The van der Waals surface area contributed by atoms with E-state index in [0.29, 0.717) is 37.6 Å². The van der Waals surface area contributed by atoms with Gasteiger partial charge in [-0.2, -0.15) is 4.31 Å². The summed E-state index contributed by atoms with van der Waals surface area (Å²) in [5.41, 5.74) is 5.64. The lowest BCUT2D eigenvalue weighted by Gasteiger charge is -2.26. The number of sulfonamides is 1. The van der Waals surface area contributed by atoms with Crippen LogP contribution in [0.5, 0.6) is 5.75 Å². The van der Waals surface area contributed by atoms with Crippen molar-refractivity contribution in [1.82, 2.24) is 4.31 Å². The number of aryl methyl sites for hydroxylation is 1. The van der Waals surface area contributed by atoms with Gasteiger partial charge in [0.15, 0.2) is 6.61 Å². The van der Waals surface area contributed by atoms with Crippen molar-refractivity contribution in [2.75, 3.05) is 32.9 Å². The summed E-state index contributed by atoms with van der Waals surface area (Å²) in [6, 6.07) is 4.53. The summed E-state index contributed by atoms with van der Waals surface area (Å²) in [4.78, 5) is 10.9. The minimum Gasteiger partial charge on any atom is -0.484 e. The van der Waals surface area contributed by atoms with Gasteiger partial charge >= 0.3 is 0 Å². The zero-order valence-electron chi connectivity index (χ0n) is 11.7. The standard InChI is InChI=1S/C13H18N2O5S/c1-10-8-11(2-3-12(10)20-9-13(14)16)21(17,18)15-4-6-19-7-5-15/h2-3,8H,4-7,9H2,1H3,(H2,14,16). The number of carbonyl (C=O) groups excluding carboxylic acids is 1. The van der Waals surface area contributed by atoms with Crippen molar-refractivity contribution in [3.05, 3.63) is 23.8 Å². The molecule has 0 unspecified atom stereocenters. The van der Waals surface area contributed by atoms with Crippen LogP contribution in [-0.4, -0.2) is 51.5 Å². The van der Waals surface area contributed by atoms with Crippen molar-refractivity contribution < 1.29 is 22.7 Å². The van der Waals surface area contributed by atoms with Gasteiger partial charge in [0.2, 0.25) is 10.0 Å². The monoisotopic (exact) mass is 314 g/mol. The molecule has 0 atom stereocenters. The van der Waals surface area contributed by atoms with Gasteiger partial charge in [-0.3, -0.25) is 4.79 Å². The van der Waals surface area contributed by atoms with Crippen molar-refractivity contribution in [3.8, 4) is 5.75 Å². The number of rotatable bonds is 5. The van der Waals surface area contributed by atoms with Gasteiger partial charge in [-0.15, -0.1) is 0 Å². The maximum atomic E-state index is 12.5. The number of primary amides is 1. The number of benzene rings is 1. The molecule has 1 fully saturated rings. The van der Waals surface area contributed by atoms with E-state index >= 15 is 0 Å². The summed E-state index contributed by atoms with van der Waals surface area (Å²) in [5.74, 6) is -0.144. The molecule has 21 heavy (non-hydrogen) atoms. The van der Waals surface area contributed by atoms with Crippen LogP contribution in [0.3, 0.4) is 0 Å². The molecule has 7 nitrogen and oxygen atoms in total. The third-order valence-corrected chi connectivity index (χ3v) is 5.02. The van der Waals surface area contributed by atoms with Crippen molar-refractivity contribution in [2.45, 2.75) is 11.8 Å². The molecule has 2 rings (SSSR count). The number of amides is 1. The maximum absolute atomic E-state index is 12.5. The molecule has 2 N–H and O–H groups in total. The first-order chi connectivity index (χ1) is 9.91. The van der Waals surface area contributed by atoms with E-state index in [2.05, 4.69) is 0 Å². The molecule has 1 aromatic rings. The topological polar surface area (TPSA) is 98.9 Å². The van der Waals surface area contributed by atoms with Gasteiger partial charge in [0.25, 0.3) is 5.91 Å². The molecule has 116 valence electrons. The fraction of sp³-hybridized carbons (Fsp3) is 0.462. The Morgan fingerprint density at radius 2 is 2.05 bits per heavy atom. The summed E-state index contributed by atoms with van der Waals surface area (Å²) in [6.07, 6.45) is 0. The fourth-order valence-corrected chi connectivity index (χ4v) is 3.52. The van der Waals surface area contributed by atoms with E-state index in [1.54, 1.807) is 6.92 Å². The maximum Gasteiger partial charge on any atom is 0.255 e. The number of hydrogen-bond acceptors (Lipinski definition) is 5. The SMILES string of the molecule is Cc1cc(S(=O)(=O)N2CCOCC2)ccc1OCC(N)=O. The summed E-state index contributed by atoms with van der Waals surface area (Å²) in [5, 5.41) is 0. The van der Waals surface area contributed by atoms with Gasteiger partial charge in [0, 0.05) is 13.1 Å². The first-order valence-electron chi connectivity index (χ1n) is 6.51. The van der Waals surface area contributed by atoms with Gasteiger partial charge in [-0.25, -0.2) is 8.42 Å². The molecule has 1 aliphatic rings. The highest BCUT2D eigenvalue weighted by atomic mass is 32.2. The summed E-state index contributed by atoms with van der Waals surface area (Å²) >= 11 is 0. The van der Waals surface area contributed by atoms with E-state index in [-0.39, 0.29) is 11.5 Å². The van der Waals surface area contributed by atoms with Gasteiger partial charge in [0.05, 0.1) is 18.1 Å². The van der Waals surface area contributed by atoms with E-state index in [4.69, 9.17) is 15.2 Å². The predicted octanol–water partition coefficient (Wildman–Crippen LogP) is -0.120. The number of ether oxygens (including phenoxy) is 2. The third-order valence-electron chi connectivity index (χ3n) is 3.12. The van der Waals surface area contributed by atoms with Crippen molar-refractivity contribution >= 4 is 15.9 Å². The van der Waals surface area contributed by atoms with Crippen molar-refractivity contribution in [3.63, 3.8) is 0 Å². The Bertz CT molecular complexity index is 623. The second-order valence-electron chi connectivity index (χ2n) is 4.70. The molecule has 0 spiro atoms. The summed E-state index contributed by atoms with van der Waals surface area (Å²) in [6.45, 7) is 2.98. The van der Waals surface area contributed by atoms with E-state index in [9.17, 15) is 13.2 Å². The van der Waals surface area contributed by atoms with Crippen LogP contribution in [0, 0.1) is 6.92 Å². The molecular weight excluding hydrogens is 296 g/mol. The predicted molar refractivity (Wildman–Crippen MR) is 75.4 cm³/mol. The summed E-state index contributed by atoms with van der Waals surface area (Å²) in [7, 11) is -3.53. The Labute approximate surface area is 123 Å². The lowest BCUT2D eigenvalue weighted by molar-refractivity contribution is -0.119. The largest absolute Gasteiger partial charge is 0.484 e. The molecule has 1 amide bonds. The van der Waals surface area contributed by atoms with E-state index in [1.807, 2.05) is 0 Å². The van der Waals surface area contributed by atoms with E-state index in [0.717, 1.165) is 0 Å². The van der Waals surface area contributed by atoms with Crippen LogP contribution in [0.15, 0.2) is 23.1 Å². The van der Waals surface area contributed by atoms with Crippen LogP contribution < -0.4 is 10.5 Å². The third kappa shape index (κ3) is 3.72. The first kappa shape index (κ1) is 15.7. The van der Waals surface area contributed by atoms with Crippen LogP contribution in [0.4, 0.5) is 0 Å². The van der Waals surface area contributed by atoms with Crippen LogP contribution in [-0.2, 0) is 19.6 Å². The Morgan fingerprint density at radius 1 is 1.38 bits per heavy atom. The zero-order chi connectivity index (χ0) is 15.5. The highest BCUT2D eigenvalue weighted by Gasteiger charge is 2.26. The molecule has 8 heteroatoms. The Balaban J connectivity index is 2.20.